The first kappa shape index (κ1) is 16.4. The van der Waals surface area contributed by atoms with Gasteiger partial charge < -0.3 is 28.7 Å². The lowest BCUT2D eigenvalue weighted by Crippen LogP contribution is -2.18. The van der Waals surface area contributed by atoms with Crippen LogP contribution in [-0.2, 0) is 9.59 Å². The Kier molecular flexibility index (Phi) is 9.26. The minimum Gasteiger partial charge on any atom is -0.368 e. The monoisotopic (exact) mass is 244 g/mol. The van der Waals surface area contributed by atoms with Crippen molar-refractivity contribution in [3.63, 3.8) is 0 Å². The second-order valence-electron chi connectivity index (χ2n) is 2.08. The van der Waals surface area contributed by atoms with E-state index >= 15 is 0 Å². The molecule has 10 N–H and O–H groups in total. The van der Waals surface area contributed by atoms with Crippen LogP contribution in [0.1, 0.15) is 0 Å². The summed E-state index contributed by atoms with van der Waals surface area (Å²) < 4.78 is 0. The van der Waals surface area contributed by atoms with E-state index in [4.69, 9.17) is 31.6 Å². The molecule has 0 fully saturated rings. The highest BCUT2D eigenvalue weighted by Crippen LogP contribution is 1.97. The Bertz CT molecular complexity index is 321. The van der Waals surface area contributed by atoms with Crippen LogP contribution >= 0.6 is 0 Å². The van der Waals surface area contributed by atoms with Crippen LogP contribution in [0.3, 0.4) is 0 Å². The highest BCUT2D eigenvalue weighted by molar-refractivity contribution is 6.09. The maximum Gasteiger partial charge on any atom is 0.309 e. The predicted molar refractivity (Wildman–Crippen MR) is 59.0 cm³/mol. The molecule has 11 heteroatoms. The lowest BCUT2D eigenvalue weighted by molar-refractivity contribution is -0.122. The number of hydrogen-bond donors (Lipinski definition) is 5. The Labute approximate surface area is 95.4 Å². The summed E-state index contributed by atoms with van der Waals surface area (Å²) in [6.45, 7) is 0. The SMILES string of the molecule is NC(N)=O.Nc1nc(N)nc(N)n1.O=CC=O. The van der Waals surface area contributed by atoms with Crippen LogP contribution in [0.15, 0.2) is 0 Å². The van der Waals surface area contributed by atoms with Crippen molar-refractivity contribution in [3.8, 4) is 0 Å². The number of carbonyl (C=O) groups is 3. The highest BCUT2D eigenvalue weighted by Gasteiger charge is 1.93. The third kappa shape index (κ3) is 15.7. The summed E-state index contributed by atoms with van der Waals surface area (Å²) in [4.78, 5) is 37.1. The van der Waals surface area contributed by atoms with Crippen LogP contribution in [0.5, 0.6) is 0 Å². The first-order valence-electron chi connectivity index (χ1n) is 3.79. The zero-order chi connectivity index (χ0) is 13.8. The van der Waals surface area contributed by atoms with E-state index in [1.165, 1.54) is 0 Å². The number of carbonyl (C=O) groups excluding carboxylic acids is 3. The molecule has 1 aromatic rings. The molecule has 0 saturated carbocycles. The van der Waals surface area contributed by atoms with E-state index in [1.807, 2.05) is 0 Å². The number of amides is 2. The summed E-state index contributed by atoms with van der Waals surface area (Å²) in [5.41, 5.74) is 23.9. The van der Waals surface area contributed by atoms with Crippen LogP contribution in [0.4, 0.5) is 22.6 Å². The molecule has 0 aliphatic heterocycles. The number of primary amides is 2. The lowest BCUT2D eigenvalue weighted by Gasteiger charge is -1.93. The number of urea groups is 1. The smallest absolute Gasteiger partial charge is 0.309 e. The molecule has 1 rings (SSSR count). The van der Waals surface area contributed by atoms with E-state index in [0.717, 1.165) is 0 Å². The molecule has 0 radical (unpaired) electrons. The fourth-order valence-electron chi connectivity index (χ4n) is 0.427. The second kappa shape index (κ2) is 9.57. The lowest BCUT2D eigenvalue weighted by atomic mass is 10.9. The highest BCUT2D eigenvalue weighted by atomic mass is 16.2. The van der Waals surface area contributed by atoms with Crippen LogP contribution in [0.2, 0.25) is 0 Å². The van der Waals surface area contributed by atoms with Gasteiger partial charge in [-0.05, 0) is 0 Å². The van der Waals surface area contributed by atoms with Crippen LogP contribution in [-0.4, -0.2) is 33.6 Å². The molecule has 1 heterocycles. The fraction of sp³-hybridized carbons (Fsp3) is 0. The first-order valence-corrected chi connectivity index (χ1v) is 3.79. The summed E-state index contributed by atoms with van der Waals surface area (Å²) in [5.74, 6) is 0.125. The van der Waals surface area contributed by atoms with Gasteiger partial charge in [0.25, 0.3) is 0 Å². The zero-order valence-corrected chi connectivity index (χ0v) is 8.61. The van der Waals surface area contributed by atoms with E-state index in [2.05, 4.69) is 26.4 Å². The normalized spacial score (nSPS) is 7.53. The van der Waals surface area contributed by atoms with Crippen LogP contribution in [0, 0.1) is 0 Å². The van der Waals surface area contributed by atoms with Gasteiger partial charge in [0.15, 0.2) is 12.6 Å². The molecule has 17 heavy (non-hydrogen) atoms. The van der Waals surface area contributed by atoms with E-state index < -0.39 is 6.03 Å². The van der Waals surface area contributed by atoms with E-state index in [0.29, 0.717) is 0 Å². The van der Waals surface area contributed by atoms with Crippen molar-refractivity contribution in [2.75, 3.05) is 17.2 Å². The summed E-state index contributed by atoms with van der Waals surface area (Å²) in [7, 11) is 0. The molecule has 0 saturated heterocycles. The van der Waals surface area contributed by atoms with Crippen molar-refractivity contribution in [2.24, 2.45) is 11.5 Å². The van der Waals surface area contributed by atoms with Crippen molar-refractivity contribution >= 4 is 36.4 Å². The topological polar surface area (TPSA) is 220 Å². The molecule has 2 amide bonds. The Hall–Kier alpha value is -2.98. The van der Waals surface area contributed by atoms with Gasteiger partial charge >= 0.3 is 6.03 Å². The van der Waals surface area contributed by atoms with Gasteiger partial charge in [0.1, 0.15) is 0 Å². The molecule has 0 spiro atoms. The summed E-state index contributed by atoms with van der Waals surface area (Å²) in [6, 6.07) is -0.833. The van der Waals surface area contributed by atoms with Crippen LogP contribution < -0.4 is 28.7 Å². The average molecular weight is 244 g/mol. The van der Waals surface area contributed by atoms with Gasteiger partial charge in [0.05, 0.1) is 0 Å². The Morgan fingerprint density at radius 1 is 0.824 bits per heavy atom. The van der Waals surface area contributed by atoms with Crippen molar-refractivity contribution in [3.05, 3.63) is 0 Å². The minimum atomic E-state index is -0.833. The summed E-state index contributed by atoms with van der Waals surface area (Å²) >= 11 is 0. The third-order valence-corrected chi connectivity index (χ3v) is 0.743. The number of nitrogens with two attached hydrogens (primary N) is 5. The van der Waals surface area contributed by atoms with E-state index in [9.17, 15) is 0 Å². The Morgan fingerprint density at radius 3 is 1.12 bits per heavy atom. The molecule has 1 aromatic heterocycles. The molecule has 0 aliphatic rings. The number of aromatic nitrogens is 3. The summed E-state index contributed by atoms with van der Waals surface area (Å²) in [5, 5.41) is 0. The van der Waals surface area contributed by atoms with Gasteiger partial charge in [-0.2, -0.15) is 15.0 Å². The molecule has 0 atom stereocenters. The molecule has 0 aromatic carbocycles. The number of nitrogen functional groups attached to an aromatic ring is 3. The number of aldehydes is 2. The predicted octanol–water partition coefficient (Wildman–Crippen LogP) is -2.97. The number of rotatable bonds is 1. The molecule has 0 bridgehead atoms. The van der Waals surface area contributed by atoms with Crippen LogP contribution in [0.25, 0.3) is 0 Å². The largest absolute Gasteiger partial charge is 0.368 e. The van der Waals surface area contributed by atoms with E-state index in [-0.39, 0.29) is 30.4 Å². The quantitative estimate of drug-likeness (QED) is 0.251. The molecular formula is C6H12N8O3. The number of nitrogens with zero attached hydrogens (tertiary/aromatic N) is 3. The average Bonchev–Trinajstić information content (AvgIpc) is 2.15. The molecular weight excluding hydrogens is 232 g/mol. The zero-order valence-electron chi connectivity index (χ0n) is 8.61. The van der Waals surface area contributed by atoms with Crippen molar-refractivity contribution in [1.82, 2.24) is 15.0 Å². The molecule has 11 nitrogen and oxygen atoms in total. The summed E-state index contributed by atoms with van der Waals surface area (Å²) in [6.07, 6.45) is 0.389. The first-order chi connectivity index (χ1) is 7.83. The molecule has 0 unspecified atom stereocenters. The number of anilines is 3. The van der Waals surface area contributed by atoms with Crippen molar-refractivity contribution in [2.45, 2.75) is 0 Å². The Morgan fingerprint density at radius 2 is 1.00 bits per heavy atom. The minimum absolute atomic E-state index is 0.0417. The standard InChI is InChI=1S/C3H6N6.C2H2O2.CH4N2O/c4-1-7-2(5)9-3(6)8-1;3-1-2-4;2-1(3)4/h(H6,4,5,6,7,8,9);1-2H;(H4,2,3,4). The Balaban J connectivity index is 0. The molecule has 94 valence electrons. The maximum atomic E-state index is 9.00. The van der Waals surface area contributed by atoms with Gasteiger partial charge in [-0.15, -0.1) is 0 Å². The van der Waals surface area contributed by atoms with Gasteiger partial charge in [-0.1, -0.05) is 0 Å². The fourth-order valence-corrected chi connectivity index (χ4v) is 0.427. The maximum absolute atomic E-state index is 9.00. The van der Waals surface area contributed by atoms with Gasteiger partial charge in [-0.25, -0.2) is 4.79 Å². The number of hydrogen-bond acceptors (Lipinski definition) is 9. The van der Waals surface area contributed by atoms with Gasteiger partial charge in [0.2, 0.25) is 17.8 Å². The van der Waals surface area contributed by atoms with Crippen molar-refractivity contribution in [1.29, 1.82) is 0 Å². The second-order valence-corrected chi connectivity index (χ2v) is 2.08. The van der Waals surface area contributed by atoms with Gasteiger partial charge in [-0.3, -0.25) is 9.59 Å². The van der Waals surface area contributed by atoms with Crippen molar-refractivity contribution < 1.29 is 14.4 Å². The van der Waals surface area contributed by atoms with Gasteiger partial charge in [0, 0.05) is 0 Å². The molecule has 0 aliphatic carbocycles. The third-order valence-electron chi connectivity index (χ3n) is 0.743. The van der Waals surface area contributed by atoms with E-state index in [1.54, 1.807) is 0 Å².